The molecule has 1 fully saturated rings. The Kier molecular flexibility index (Phi) is 2.29. The Labute approximate surface area is 77.4 Å². The van der Waals surface area contributed by atoms with Gasteiger partial charge in [0.25, 0.3) is 0 Å². The van der Waals surface area contributed by atoms with Crippen molar-refractivity contribution in [1.82, 2.24) is 9.97 Å². The molecule has 2 rings (SSSR count). The maximum atomic E-state index is 5.60. The molecule has 13 heavy (non-hydrogen) atoms. The van der Waals surface area contributed by atoms with Crippen LogP contribution >= 0.6 is 0 Å². The third-order valence-corrected chi connectivity index (χ3v) is 2.21. The van der Waals surface area contributed by atoms with Crippen molar-refractivity contribution in [3.8, 4) is 5.75 Å². The molecular weight excluding hydrogens is 166 g/mol. The normalized spacial score (nSPS) is 16.4. The van der Waals surface area contributed by atoms with Crippen molar-refractivity contribution in [3.05, 3.63) is 12.4 Å². The van der Waals surface area contributed by atoms with E-state index in [9.17, 15) is 0 Å². The zero-order valence-electron chi connectivity index (χ0n) is 7.66. The van der Waals surface area contributed by atoms with E-state index in [0.717, 1.165) is 18.6 Å². The predicted molar refractivity (Wildman–Crippen MR) is 49.8 cm³/mol. The van der Waals surface area contributed by atoms with Gasteiger partial charge in [0, 0.05) is 7.05 Å². The number of nitrogens with one attached hydrogen (secondary N) is 1. The molecule has 1 saturated carbocycles. The summed E-state index contributed by atoms with van der Waals surface area (Å²) in [6.45, 7) is 0. The Balaban J connectivity index is 1.96. The Bertz CT molecular complexity index is 269. The second-order valence-electron chi connectivity index (χ2n) is 3.16. The highest BCUT2D eigenvalue weighted by molar-refractivity contribution is 5.25. The molecule has 0 radical (unpaired) electrons. The van der Waals surface area contributed by atoms with Crippen molar-refractivity contribution in [2.24, 2.45) is 0 Å². The monoisotopic (exact) mass is 179 g/mol. The van der Waals surface area contributed by atoms with E-state index in [0.29, 0.717) is 12.1 Å². The number of rotatable bonds is 3. The standard InChI is InChI=1S/C9H13N3O/c1-10-9-11-5-8(6-12-9)13-7-3-2-4-7/h5-7H,2-4H2,1H3,(H,10,11,12). The van der Waals surface area contributed by atoms with E-state index in [1.165, 1.54) is 6.42 Å². The summed E-state index contributed by atoms with van der Waals surface area (Å²) in [7, 11) is 1.79. The maximum Gasteiger partial charge on any atom is 0.222 e. The van der Waals surface area contributed by atoms with Crippen LogP contribution in [0.3, 0.4) is 0 Å². The van der Waals surface area contributed by atoms with Gasteiger partial charge in [-0.15, -0.1) is 0 Å². The van der Waals surface area contributed by atoms with Crippen molar-refractivity contribution >= 4 is 5.95 Å². The molecule has 1 aromatic heterocycles. The molecule has 70 valence electrons. The minimum atomic E-state index is 0.393. The summed E-state index contributed by atoms with van der Waals surface area (Å²) in [5.74, 6) is 1.39. The average molecular weight is 179 g/mol. The SMILES string of the molecule is CNc1ncc(OC2CCC2)cn1. The van der Waals surface area contributed by atoms with Crippen molar-refractivity contribution in [3.63, 3.8) is 0 Å². The van der Waals surface area contributed by atoms with E-state index in [4.69, 9.17) is 4.74 Å². The van der Waals surface area contributed by atoms with E-state index in [2.05, 4.69) is 15.3 Å². The minimum absolute atomic E-state index is 0.393. The number of nitrogens with zero attached hydrogens (tertiary/aromatic N) is 2. The van der Waals surface area contributed by atoms with Crippen LogP contribution in [0.25, 0.3) is 0 Å². The Morgan fingerprint density at radius 2 is 2.08 bits per heavy atom. The van der Waals surface area contributed by atoms with Gasteiger partial charge >= 0.3 is 0 Å². The van der Waals surface area contributed by atoms with Gasteiger partial charge in [-0.3, -0.25) is 0 Å². The summed E-state index contributed by atoms with van der Waals surface area (Å²) < 4.78 is 5.60. The molecule has 0 atom stereocenters. The first-order valence-corrected chi connectivity index (χ1v) is 4.55. The fraction of sp³-hybridized carbons (Fsp3) is 0.556. The quantitative estimate of drug-likeness (QED) is 0.762. The second-order valence-corrected chi connectivity index (χ2v) is 3.16. The lowest BCUT2D eigenvalue weighted by atomic mass is 9.96. The highest BCUT2D eigenvalue weighted by Gasteiger charge is 2.19. The van der Waals surface area contributed by atoms with Crippen molar-refractivity contribution in [2.75, 3.05) is 12.4 Å². The highest BCUT2D eigenvalue weighted by atomic mass is 16.5. The second kappa shape index (κ2) is 3.60. The van der Waals surface area contributed by atoms with E-state index in [1.807, 2.05) is 0 Å². The van der Waals surface area contributed by atoms with Crippen molar-refractivity contribution in [1.29, 1.82) is 0 Å². The highest BCUT2D eigenvalue weighted by Crippen LogP contribution is 2.24. The van der Waals surface area contributed by atoms with E-state index >= 15 is 0 Å². The summed E-state index contributed by atoms with van der Waals surface area (Å²) >= 11 is 0. The summed E-state index contributed by atoms with van der Waals surface area (Å²) in [5.41, 5.74) is 0. The third kappa shape index (κ3) is 1.88. The summed E-state index contributed by atoms with van der Waals surface area (Å²) in [4.78, 5) is 8.12. The molecule has 0 saturated heterocycles. The number of hydrogen-bond donors (Lipinski definition) is 1. The molecule has 4 nitrogen and oxygen atoms in total. The first-order valence-electron chi connectivity index (χ1n) is 4.55. The molecule has 1 heterocycles. The molecule has 4 heteroatoms. The van der Waals surface area contributed by atoms with Crippen LogP contribution in [-0.4, -0.2) is 23.1 Å². The van der Waals surface area contributed by atoms with Crippen LogP contribution in [-0.2, 0) is 0 Å². The Morgan fingerprint density at radius 3 is 2.54 bits per heavy atom. The van der Waals surface area contributed by atoms with E-state index < -0.39 is 0 Å². The minimum Gasteiger partial charge on any atom is -0.487 e. The lowest BCUT2D eigenvalue weighted by Crippen LogP contribution is -2.24. The fourth-order valence-corrected chi connectivity index (χ4v) is 1.19. The summed E-state index contributed by atoms with van der Waals surface area (Å²) in [6.07, 6.45) is 7.40. The number of ether oxygens (including phenoxy) is 1. The fourth-order valence-electron chi connectivity index (χ4n) is 1.19. The molecule has 0 unspecified atom stereocenters. The lowest BCUT2D eigenvalue weighted by Gasteiger charge is -2.25. The zero-order valence-corrected chi connectivity index (χ0v) is 7.66. The van der Waals surface area contributed by atoms with Crippen molar-refractivity contribution < 1.29 is 4.74 Å². The topological polar surface area (TPSA) is 47.0 Å². The van der Waals surface area contributed by atoms with Crippen LogP contribution in [0.5, 0.6) is 5.75 Å². The van der Waals surface area contributed by atoms with Gasteiger partial charge in [0.2, 0.25) is 5.95 Å². The van der Waals surface area contributed by atoms with Crippen LogP contribution in [0, 0.1) is 0 Å². The smallest absolute Gasteiger partial charge is 0.222 e. The van der Waals surface area contributed by atoms with Gasteiger partial charge < -0.3 is 10.1 Å². The van der Waals surface area contributed by atoms with Crippen LogP contribution in [0.2, 0.25) is 0 Å². The lowest BCUT2D eigenvalue weighted by molar-refractivity contribution is 0.119. The molecule has 1 aromatic rings. The van der Waals surface area contributed by atoms with Gasteiger partial charge in [0.05, 0.1) is 18.5 Å². The number of aromatic nitrogens is 2. The van der Waals surface area contributed by atoms with Crippen molar-refractivity contribution in [2.45, 2.75) is 25.4 Å². The molecule has 0 spiro atoms. The summed E-state index contributed by atoms with van der Waals surface area (Å²) in [6, 6.07) is 0. The van der Waals surface area contributed by atoms with Gasteiger partial charge in [-0.2, -0.15) is 0 Å². The first kappa shape index (κ1) is 8.29. The number of anilines is 1. The number of hydrogen-bond acceptors (Lipinski definition) is 4. The molecule has 0 aromatic carbocycles. The van der Waals surface area contributed by atoms with Crippen LogP contribution in [0.1, 0.15) is 19.3 Å². The van der Waals surface area contributed by atoms with Crippen LogP contribution in [0.15, 0.2) is 12.4 Å². The molecular formula is C9H13N3O. The van der Waals surface area contributed by atoms with Crippen LogP contribution < -0.4 is 10.1 Å². The average Bonchev–Trinajstić information content (AvgIpc) is 2.12. The van der Waals surface area contributed by atoms with Crippen LogP contribution in [0.4, 0.5) is 5.95 Å². The largest absolute Gasteiger partial charge is 0.487 e. The molecule has 0 bridgehead atoms. The van der Waals surface area contributed by atoms with E-state index in [-0.39, 0.29) is 0 Å². The van der Waals surface area contributed by atoms with Gasteiger partial charge in [0.15, 0.2) is 5.75 Å². The maximum absolute atomic E-state index is 5.60. The predicted octanol–water partition coefficient (Wildman–Crippen LogP) is 1.45. The van der Waals surface area contributed by atoms with E-state index in [1.54, 1.807) is 19.4 Å². The van der Waals surface area contributed by atoms with Gasteiger partial charge in [0.1, 0.15) is 0 Å². The molecule has 0 aliphatic heterocycles. The zero-order chi connectivity index (χ0) is 9.10. The molecule has 1 aliphatic carbocycles. The molecule has 1 N–H and O–H groups in total. The van der Waals surface area contributed by atoms with Gasteiger partial charge in [-0.05, 0) is 19.3 Å². The molecule has 1 aliphatic rings. The first-order chi connectivity index (χ1) is 6.38. The third-order valence-electron chi connectivity index (χ3n) is 2.21. The van der Waals surface area contributed by atoms with Gasteiger partial charge in [-0.25, -0.2) is 9.97 Å². The Morgan fingerprint density at radius 1 is 1.38 bits per heavy atom. The Hall–Kier alpha value is -1.32. The molecule has 0 amide bonds. The summed E-state index contributed by atoms with van der Waals surface area (Å²) in [5, 5.41) is 2.86. The van der Waals surface area contributed by atoms with Gasteiger partial charge in [-0.1, -0.05) is 0 Å².